The number of alkyl carbamates (subject to hydrolysis) is 1. The standard InChI is InChI=1S/C16H30N2O5/c1-7-8-9-22-11-12-10-16(12,13(19)18(5)21-6)17-14(20)23-15(2,3)4/h12H,7-11H2,1-6H3,(H,17,20)/t12-,16-/m1/s1. The SMILES string of the molecule is CCCCOC[C@H]1C[C@]1(NC(=O)OC(C)(C)C)C(=O)N(C)OC. The Morgan fingerprint density at radius 2 is 2.00 bits per heavy atom. The lowest BCUT2D eigenvalue weighted by Gasteiger charge is -2.26. The van der Waals surface area contributed by atoms with E-state index in [4.69, 9.17) is 14.3 Å². The number of amides is 2. The summed E-state index contributed by atoms with van der Waals surface area (Å²) in [5, 5.41) is 3.85. The van der Waals surface area contributed by atoms with Gasteiger partial charge >= 0.3 is 6.09 Å². The normalized spacial score (nSPS) is 23.3. The Hall–Kier alpha value is -1.34. The van der Waals surface area contributed by atoms with Gasteiger partial charge in [-0.3, -0.25) is 9.63 Å². The zero-order chi connectivity index (χ0) is 17.7. The molecule has 0 radical (unpaired) electrons. The number of carbonyl (C=O) groups excluding carboxylic acids is 2. The van der Waals surface area contributed by atoms with Crippen LogP contribution in [0, 0.1) is 5.92 Å². The number of rotatable bonds is 8. The summed E-state index contributed by atoms with van der Waals surface area (Å²) in [4.78, 5) is 29.6. The fourth-order valence-electron chi connectivity index (χ4n) is 2.32. The summed E-state index contributed by atoms with van der Waals surface area (Å²) in [6.45, 7) is 8.51. The largest absolute Gasteiger partial charge is 0.444 e. The van der Waals surface area contributed by atoms with Gasteiger partial charge in [0.25, 0.3) is 5.91 Å². The smallest absolute Gasteiger partial charge is 0.408 e. The van der Waals surface area contributed by atoms with Crippen molar-refractivity contribution in [3.05, 3.63) is 0 Å². The molecule has 2 amide bonds. The molecule has 0 aromatic carbocycles. The van der Waals surface area contributed by atoms with Crippen LogP contribution in [-0.2, 0) is 19.1 Å². The van der Waals surface area contributed by atoms with E-state index in [1.54, 1.807) is 20.8 Å². The van der Waals surface area contributed by atoms with Gasteiger partial charge in [-0.15, -0.1) is 0 Å². The van der Waals surface area contributed by atoms with Gasteiger partial charge in [0.2, 0.25) is 0 Å². The van der Waals surface area contributed by atoms with Crippen molar-refractivity contribution in [2.45, 2.75) is 58.1 Å². The Morgan fingerprint density at radius 3 is 2.52 bits per heavy atom. The van der Waals surface area contributed by atoms with Crippen LogP contribution in [0.3, 0.4) is 0 Å². The maximum absolute atomic E-state index is 12.5. The van der Waals surface area contributed by atoms with Gasteiger partial charge in [0, 0.05) is 19.6 Å². The van der Waals surface area contributed by atoms with E-state index in [0.29, 0.717) is 19.6 Å². The quantitative estimate of drug-likeness (QED) is 0.545. The van der Waals surface area contributed by atoms with Crippen molar-refractivity contribution < 1.29 is 23.9 Å². The number of nitrogens with zero attached hydrogens (tertiary/aromatic N) is 1. The highest BCUT2D eigenvalue weighted by Crippen LogP contribution is 2.45. The van der Waals surface area contributed by atoms with E-state index in [9.17, 15) is 9.59 Å². The maximum atomic E-state index is 12.5. The molecule has 1 saturated carbocycles. The summed E-state index contributed by atoms with van der Waals surface area (Å²) in [7, 11) is 2.93. The minimum atomic E-state index is -1.00. The second kappa shape index (κ2) is 7.97. The highest BCUT2D eigenvalue weighted by atomic mass is 16.7. The predicted octanol–water partition coefficient (Wildman–Crippen LogP) is 2.11. The second-order valence-corrected chi connectivity index (χ2v) is 6.91. The molecule has 1 aliphatic rings. The van der Waals surface area contributed by atoms with Crippen LogP contribution < -0.4 is 5.32 Å². The molecule has 0 heterocycles. The van der Waals surface area contributed by atoms with Gasteiger partial charge in [0.05, 0.1) is 13.7 Å². The first kappa shape index (κ1) is 19.7. The average molecular weight is 330 g/mol. The van der Waals surface area contributed by atoms with E-state index in [0.717, 1.165) is 17.9 Å². The second-order valence-electron chi connectivity index (χ2n) is 6.91. The van der Waals surface area contributed by atoms with Gasteiger partial charge < -0.3 is 14.8 Å². The summed E-state index contributed by atoms with van der Waals surface area (Å²) in [6, 6.07) is 0. The Labute approximate surface area is 138 Å². The van der Waals surface area contributed by atoms with E-state index in [2.05, 4.69) is 12.2 Å². The molecule has 1 aliphatic carbocycles. The van der Waals surface area contributed by atoms with Gasteiger partial charge in [0.1, 0.15) is 11.1 Å². The fraction of sp³-hybridized carbons (Fsp3) is 0.875. The van der Waals surface area contributed by atoms with Crippen molar-refractivity contribution in [2.24, 2.45) is 5.92 Å². The van der Waals surface area contributed by atoms with E-state index in [1.807, 2.05) is 0 Å². The highest BCUT2D eigenvalue weighted by molar-refractivity contribution is 5.93. The fourth-order valence-corrected chi connectivity index (χ4v) is 2.32. The minimum Gasteiger partial charge on any atom is -0.444 e. The Bertz CT molecular complexity index is 421. The molecule has 0 bridgehead atoms. The van der Waals surface area contributed by atoms with Crippen molar-refractivity contribution in [1.29, 1.82) is 0 Å². The van der Waals surface area contributed by atoms with Crippen LogP contribution in [0.15, 0.2) is 0 Å². The molecule has 0 spiro atoms. The maximum Gasteiger partial charge on any atom is 0.408 e. The molecule has 23 heavy (non-hydrogen) atoms. The number of nitrogens with one attached hydrogen (secondary N) is 1. The average Bonchev–Trinajstić information content (AvgIpc) is 3.13. The summed E-state index contributed by atoms with van der Waals surface area (Å²) in [5.41, 5.74) is -1.62. The monoisotopic (exact) mass is 330 g/mol. The zero-order valence-corrected chi connectivity index (χ0v) is 15.1. The molecule has 0 saturated heterocycles. The molecular weight excluding hydrogens is 300 g/mol. The van der Waals surface area contributed by atoms with Gasteiger partial charge in [-0.25, -0.2) is 9.86 Å². The van der Waals surface area contributed by atoms with Gasteiger partial charge in [-0.05, 0) is 33.6 Å². The van der Waals surface area contributed by atoms with Crippen LogP contribution in [0.2, 0.25) is 0 Å². The topological polar surface area (TPSA) is 77.1 Å². The molecule has 7 heteroatoms. The van der Waals surface area contributed by atoms with Crippen LogP contribution in [-0.4, -0.2) is 55.6 Å². The van der Waals surface area contributed by atoms with Crippen molar-refractivity contribution in [3.8, 4) is 0 Å². The van der Waals surface area contributed by atoms with E-state index in [1.165, 1.54) is 14.2 Å². The zero-order valence-electron chi connectivity index (χ0n) is 15.1. The molecule has 1 rings (SSSR count). The molecular formula is C16H30N2O5. The summed E-state index contributed by atoms with van der Waals surface area (Å²) >= 11 is 0. The van der Waals surface area contributed by atoms with Crippen LogP contribution in [0.25, 0.3) is 0 Å². The highest BCUT2D eigenvalue weighted by Gasteiger charge is 2.63. The molecule has 0 aromatic rings. The first-order valence-electron chi connectivity index (χ1n) is 8.07. The van der Waals surface area contributed by atoms with Gasteiger partial charge in [-0.2, -0.15) is 0 Å². The lowest BCUT2D eigenvalue weighted by atomic mass is 10.2. The van der Waals surface area contributed by atoms with Crippen LogP contribution in [0.1, 0.15) is 47.0 Å². The van der Waals surface area contributed by atoms with Crippen molar-refractivity contribution in [3.63, 3.8) is 0 Å². The lowest BCUT2D eigenvalue weighted by Crippen LogP contribution is -2.52. The number of ether oxygens (including phenoxy) is 2. The molecule has 1 fully saturated rings. The summed E-state index contributed by atoms with van der Waals surface area (Å²) < 4.78 is 10.9. The Morgan fingerprint density at radius 1 is 1.35 bits per heavy atom. The number of carbonyl (C=O) groups is 2. The minimum absolute atomic E-state index is 0.0722. The number of unbranched alkanes of at least 4 members (excludes halogenated alkanes) is 1. The molecule has 1 N–H and O–H groups in total. The molecule has 0 aliphatic heterocycles. The Kier molecular flexibility index (Phi) is 6.83. The van der Waals surface area contributed by atoms with Crippen molar-refractivity contribution >= 4 is 12.0 Å². The van der Waals surface area contributed by atoms with E-state index >= 15 is 0 Å². The molecule has 134 valence electrons. The predicted molar refractivity (Wildman–Crippen MR) is 85.7 cm³/mol. The third-order valence-corrected chi connectivity index (χ3v) is 3.73. The first-order chi connectivity index (χ1) is 10.7. The van der Waals surface area contributed by atoms with Crippen LogP contribution in [0.5, 0.6) is 0 Å². The Balaban J connectivity index is 2.69. The summed E-state index contributed by atoms with van der Waals surface area (Å²) in [6.07, 6.45) is 1.94. The molecule has 0 aromatic heterocycles. The molecule has 7 nitrogen and oxygen atoms in total. The number of hydrogen-bond donors (Lipinski definition) is 1. The van der Waals surface area contributed by atoms with Crippen molar-refractivity contribution in [1.82, 2.24) is 10.4 Å². The number of likely N-dealkylation sites (N-methyl/N-ethyl adjacent to an activating group) is 1. The third kappa shape index (κ3) is 5.66. The lowest BCUT2D eigenvalue weighted by molar-refractivity contribution is -0.173. The van der Waals surface area contributed by atoms with Crippen LogP contribution >= 0.6 is 0 Å². The summed E-state index contributed by atoms with van der Waals surface area (Å²) in [5.74, 6) is -0.369. The van der Waals surface area contributed by atoms with E-state index < -0.39 is 17.2 Å². The van der Waals surface area contributed by atoms with Gasteiger partial charge in [0.15, 0.2) is 0 Å². The number of hydroxylamine groups is 2. The molecule has 0 unspecified atom stereocenters. The first-order valence-corrected chi connectivity index (χ1v) is 8.07. The molecule has 2 atom stereocenters. The third-order valence-electron chi connectivity index (χ3n) is 3.73. The number of hydrogen-bond acceptors (Lipinski definition) is 5. The van der Waals surface area contributed by atoms with Crippen LogP contribution in [0.4, 0.5) is 4.79 Å². The van der Waals surface area contributed by atoms with E-state index in [-0.39, 0.29) is 11.8 Å². The van der Waals surface area contributed by atoms with Crippen molar-refractivity contribution in [2.75, 3.05) is 27.4 Å². The van der Waals surface area contributed by atoms with Gasteiger partial charge in [-0.1, -0.05) is 13.3 Å².